The molecule has 3 aromatic rings. The molecular formula is C23H30ClN3O. The number of nitrogens with one attached hydrogen (secondary N) is 1. The maximum Gasteiger partial charge on any atom is 0.0883 e. The van der Waals surface area contributed by atoms with Crippen LogP contribution in [-0.2, 0) is 12.1 Å². The van der Waals surface area contributed by atoms with Crippen LogP contribution in [0.3, 0.4) is 0 Å². The van der Waals surface area contributed by atoms with E-state index in [1.165, 1.54) is 10.9 Å². The zero-order valence-electron chi connectivity index (χ0n) is 16.5. The van der Waals surface area contributed by atoms with Gasteiger partial charge in [0.25, 0.3) is 0 Å². The highest BCUT2D eigenvalue weighted by atomic mass is 35.5. The minimum atomic E-state index is -0.910. The highest BCUT2D eigenvalue weighted by Gasteiger charge is 2.26. The number of pyridine rings is 1. The Morgan fingerprint density at radius 2 is 1.86 bits per heavy atom. The third-order valence-electron chi connectivity index (χ3n) is 5.07. The normalized spacial score (nSPS) is 15.4. The van der Waals surface area contributed by atoms with E-state index in [1.807, 2.05) is 55.7 Å². The standard InChI is InChI=1S/C23H29N3O.ClH/c1-17(12-22(24)14-23(2,27)21-6-4-3-5-7-21)26-15-18-8-9-20-16-25-11-10-19(20)13-18;/h3-11,13,16-17,22,26-27H,12,14-15,24H2,1-2H3;1H/t17-,22?,23?;/m1./s1. The second kappa shape index (κ2) is 9.99. The number of halogens is 1. The molecule has 0 aliphatic carbocycles. The van der Waals surface area contributed by atoms with E-state index in [-0.39, 0.29) is 24.5 Å². The van der Waals surface area contributed by atoms with E-state index in [0.717, 1.165) is 23.9 Å². The average Bonchev–Trinajstić information content (AvgIpc) is 2.66. The van der Waals surface area contributed by atoms with Gasteiger partial charge < -0.3 is 16.2 Å². The molecule has 0 aliphatic heterocycles. The Morgan fingerprint density at radius 3 is 2.61 bits per heavy atom. The van der Waals surface area contributed by atoms with Crippen molar-refractivity contribution in [1.82, 2.24) is 10.3 Å². The minimum Gasteiger partial charge on any atom is -0.385 e. The zero-order valence-corrected chi connectivity index (χ0v) is 17.3. The van der Waals surface area contributed by atoms with Crippen molar-refractivity contribution >= 4 is 23.2 Å². The summed E-state index contributed by atoms with van der Waals surface area (Å²) in [6.07, 6.45) is 5.04. The molecule has 4 N–H and O–H groups in total. The van der Waals surface area contributed by atoms with Crippen molar-refractivity contribution in [1.29, 1.82) is 0 Å². The topological polar surface area (TPSA) is 71.2 Å². The van der Waals surface area contributed by atoms with E-state index < -0.39 is 5.60 Å². The number of hydrogen-bond acceptors (Lipinski definition) is 4. The average molecular weight is 400 g/mol. The van der Waals surface area contributed by atoms with Gasteiger partial charge in [-0.15, -0.1) is 12.4 Å². The van der Waals surface area contributed by atoms with Crippen molar-refractivity contribution < 1.29 is 5.11 Å². The maximum atomic E-state index is 10.8. The lowest BCUT2D eigenvalue weighted by Crippen LogP contribution is -2.38. The van der Waals surface area contributed by atoms with Crippen molar-refractivity contribution in [3.05, 3.63) is 78.1 Å². The fourth-order valence-electron chi connectivity index (χ4n) is 3.58. The first-order chi connectivity index (χ1) is 12.9. The predicted octanol–water partition coefficient (Wildman–Crippen LogP) is 4.15. The molecule has 150 valence electrons. The highest BCUT2D eigenvalue weighted by Crippen LogP contribution is 2.26. The third kappa shape index (κ3) is 6.01. The molecule has 2 aromatic carbocycles. The SMILES string of the molecule is C[C@H](CC(N)CC(C)(O)c1ccccc1)NCc1ccc2cnccc2c1.Cl. The van der Waals surface area contributed by atoms with Crippen LogP contribution in [0.25, 0.3) is 10.8 Å². The molecule has 2 unspecified atom stereocenters. The van der Waals surface area contributed by atoms with Crippen LogP contribution in [0.1, 0.15) is 37.8 Å². The van der Waals surface area contributed by atoms with E-state index >= 15 is 0 Å². The molecule has 3 atom stereocenters. The zero-order chi connectivity index (χ0) is 19.3. The summed E-state index contributed by atoms with van der Waals surface area (Å²) in [6.45, 7) is 4.77. The lowest BCUT2D eigenvalue weighted by atomic mass is 9.87. The first-order valence-corrected chi connectivity index (χ1v) is 9.53. The molecule has 0 spiro atoms. The Bertz CT molecular complexity index is 870. The molecule has 0 fully saturated rings. The minimum absolute atomic E-state index is 0. The molecular weight excluding hydrogens is 370 g/mol. The van der Waals surface area contributed by atoms with E-state index in [9.17, 15) is 5.11 Å². The first kappa shape index (κ1) is 22.3. The first-order valence-electron chi connectivity index (χ1n) is 9.53. The number of rotatable bonds is 8. The van der Waals surface area contributed by atoms with Gasteiger partial charge in [-0.25, -0.2) is 0 Å². The molecule has 5 heteroatoms. The van der Waals surface area contributed by atoms with Crippen LogP contribution in [-0.4, -0.2) is 22.2 Å². The Morgan fingerprint density at radius 1 is 1.11 bits per heavy atom. The Kier molecular flexibility index (Phi) is 7.96. The van der Waals surface area contributed by atoms with Crippen molar-refractivity contribution in [3.8, 4) is 0 Å². The van der Waals surface area contributed by atoms with Gasteiger partial charge in [-0.3, -0.25) is 4.98 Å². The van der Waals surface area contributed by atoms with E-state index in [4.69, 9.17) is 5.73 Å². The Hall–Kier alpha value is -1.98. The van der Waals surface area contributed by atoms with Crippen LogP contribution < -0.4 is 11.1 Å². The molecule has 3 rings (SSSR count). The van der Waals surface area contributed by atoms with Gasteiger partial charge in [-0.1, -0.05) is 42.5 Å². The molecule has 0 aliphatic rings. The van der Waals surface area contributed by atoms with Gasteiger partial charge in [-0.05, 0) is 55.3 Å². The third-order valence-corrected chi connectivity index (χ3v) is 5.07. The van der Waals surface area contributed by atoms with Gasteiger partial charge in [0.1, 0.15) is 0 Å². The maximum absolute atomic E-state index is 10.8. The molecule has 1 aromatic heterocycles. The van der Waals surface area contributed by atoms with Gasteiger partial charge in [0.2, 0.25) is 0 Å². The van der Waals surface area contributed by atoms with Gasteiger partial charge in [0.05, 0.1) is 5.60 Å². The van der Waals surface area contributed by atoms with Crippen LogP contribution in [0.15, 0.2) is 67.0 Å². The van der Waals surface area contributed by atoms with Crippen LogP contribution in [0.4, 0.5) is 0 Å². The van der Waals surface area contributed by atoms with Crippen molar-refractivity contribution in [3.63, 3.8) is 0 Å². The van der Waals surface area contributed by atoms with Gasteiger partial charge in [0.15, 0.2) is 0 Å². The predicted molar refractivity (Wildman–Crippen MR) is 119 cm³/mol. The second-order valence-electron chi connectivity index (χ2n) is 7.68. The van der Waals surface area contributed by atoms with Crippen LogP contribution in [0, 0.1) is 0 Å². The quantitative estimate of drug-likeness (QED) is 0.532. The van der Waals surface area contributed by atoms with Gasteiger partial charge >= 0.3 is 0 Å². The smallest absolute Gasteiger partial charge is 0.0883 e. The lowest BCUT2D eigenvalue weighted by molar-refractivity contribution is 0.0389. The summed E-state index contributed by atoms with van der Waals surface area (Å²) >= 11 is 0. The molecule has 4 nitrogen and oxygen atoms in total. The molecule has 28 heavy (non-hydrogen) atoms. The summed E-state index contributed by atoms with van der Waals surface area (Å²) in [5.41, 5.74) is 7.57. The van der Waals surface area contributed by atoms with Gasteiger partial charge in [0, 0.05) is 36.4 Å². The lowest BCUT2D eigenvalue weighted by Gasteiger charge is -2.28. The summed E-state index contributed by atoms with van der Waals surface area (Å²) in [5, 5.41) is 16.7. The fraction of sp³-hybridized carbons (Fsp3) is 0.348. The number of aromatic nitrogens is 1. The Labute approximate surface area is 173 Å². The van der Waals surface area contributed by atoms with Crippen molar-refractivity contribution in [2.24, 2.45) is 5.73 Å². The second-order valence-corrected chi connectivity index (χ2v) is 7.68. The van der Waals surface area contributed by atoms with Gasteiger partial charge in [-0.2, -0.15) is 0 Å². The summed E-state index contributed by atoms with van der Waals surface area (Å²) in [7, 11) is 0. The fourth-order valence-corrected chi connectivity index (χ4v) is 3.58. The number of aliphatic hydroxyl groups is 1. The van der Waals surface area contributed by atoms with Crippen LogP contribution in [0.2, 0.25) is 0 Å². The number of hydrogen-bond donors (Lipinski definition) is 3. The van der Waals surface area contributed by atoms with Crippen molar-refractivity contribution in [2.45, 2.75) is 50.9 Å². The summed E-state index contributed by atoms with van der Waals surface area (Å²) in [6, 6.07) is 18.4. The van der Waals surface area contributed by atoms with E-state index in [2.05, 4.69) is 35.4 Å². The summed E-state index contributed by atoms with van der Waals surface area (Å²) in [4.78, 5) is 4.15. The molecule has 0 bridgehead atoms. The number of benzene rings is 2. The molecule has 0 radical (unpaired) electrons. The monoisotopic (exact) mass is 399 g/mol. The number of fused-ring (bicyclic) bond motifs is 1. The molecule has 0 amide bonds. The van der Waals surface area contributed by atoms with Crippen molar-refractivity contribution in [2.75, 3.05) is 0 Å². The highest BCUT2D eigenvalue weighted by molar-refractivity contribution is 5.85. The summed E-state index contributed by atoms with van der Waals surface area (Å²) < 4.78 is 0. The number of nitrogens with two attached hydrogens (primary N) is 1. The molecule has 0 saturated carbocycles. The Balaban J connectivity index is 0.00000280. The van der Waals surface area contributed by atoms with Crippen LogP contribution >= 0.6 is 12.4 Å². The molecule has 1 heterocycles. The number of nitrogens with zero attached hydrogens (tertiary/aromatic N) is 1. The summed E-state index contributed by atoms with van der Waals surface area (Å²) in [5.74, 6) is 0. The molecule has 0 saturated heterocycles. The van der Waals surface area contributed by atoms with E-state index in [1.54, 1.807) is 0 Å². The largest absolute Gasteiger partial charge is 0.385 e. The van der Waals surface area contributed by atoms with E-state index in [0.29, 0.717) is 6.42 Å². The van der Waals surface area contributed by atoms with Crippen LogP contribution in [0.5, 0.6) is 0 Å².